The summed E-state index contributed by atoms with van der Waals surface area (Å²) >= 11 is 0. The normalized spacial score (nSPS) is 15.1. The van der Waals surface area contributed by atoms with Gasteiger partial charge in [0.05, 0.1) is 6.61 Å². The van der Waals surface area contributed by atoms with Gasteiger partial charge in [-0.1, -0.05) is 0 Å². The van der Waals surface area contributed by atoms with E-state index in [1.807, 2.05) is 45.0 Å². The number of amides is 2. The summed E-state index contributed by atoms with van der Waals surface area (Å²) in [5.41, 5.74) is 7.27. The van der Waals surface area contributed by atoms with E-state index in [4.69, 9.17) is 24.0 Å². The van der Waals surface area contributed by atoms with Crippen LogP contribution in [0.4, 0.5) is 32.3 Å². The Morgan fingerprint density at radius 1 is 0.833 bits per heavy atom. The molecule has 4 heterocycles. The van der Waals surface area contributed by atoms with Gasteiger partial charge in [0.15, 0.2) is 0 Å². The quantitative estimate of drug-likeness (QED) is 0.266. The average Bonchev–Trinajstić information content (AvgIpc) is 3.05. The average molecular weight is 663 g/mol. The lowest BCUT2D eigenvalue weighted by molar-refractivity contribution is 0.0240. The Hall–Kier alpha value is -5.24. The molecule has 2 aromatic heterocycles. The Bertz CT molecular complexity index is 1890. The predicted octanol–water partition coefficient (Wildman–Crippen LogP) is 4.20. The lowest BCUT2D eigenvalue weighted by atomic mass is 10.1. The van der Waals surface area contributed by atoms with Crippen LogP contribution in [-0.2, 0) is 9.47 Å². The van der Waals surface area contributed by atoms with Gasteiger partial charge in [-0.2, -0.15) is 0 Å². The predicted molar refractivity (Wildman–Crippen MR) is 185 cm³/mol. The van der Waals surface area contributed by atoms with Gasteiger partial charge in [-0.15, -0.1) is 0 Å². The van der Waals surface area contributed by atoms with Crippen LogP contribution in [0.5, 0.6) is 0 Å². The van der Waals surface area contributed by atoms with Crippen molar-refractivity contribution < 1.29 is 27.9 Å². The molecule has 0 radical (unpaired) electrons. The molecule has 2 fully saturated rings. The number of hydrogen-bond donors (Lipinski definition) is 3. The number of ether oxygens (including phenoxy) is 2. The summed E-state index contributed by atoms with van der Waals surface area (Å²) in [6, 6.07) is 14.5. The number of piperazine rings is 2. The number of nitrogen functional groups attached to an aromatic ring is 1. The largest absolute Gasteiger partial charge is 0.450 e. The van der Waals surface area contributed by atoms with Crippen LogP contribution in [0.25, 0.3) is 21.9 Å². The molecule has 14 heteroatoms. The molecular formula is C34H42N6O8. The van der Waals surface area contributed by atoms with Crippen molar-refractivity contribution in [2.24, 2.45) is 0 Å². The van der Waals surface area contributed by atoms with E-state index >= 15 is 0 Å². The van der Waals surface area contributed by atoms with E-state index in [0.717, 1.165) is 48.3 Å². The van der Waals surface area contributed by atoms with E-state index in [1.165, 1.54) is 0 Å². The molecule has 0 saturated carbocycles. The first-order chi connectivity index (χ1) is 22.9. The van der Waals surface area contributed by atoms with Crippen LogP contribution in [0, 0.1) is 0 Å². The first-order valence-electron chi connectivity index (χ1n) is 15.9. The van der Waals surface area contributed by atoms with Crippen molar-refractivity contribution in [2.45, 2.75) is 33.3 Å². The maximum Gasteiger partial charge on any atom is 0.411 e. The minimum atomic E-state index is -0.669. The third-order valence-electron chi connectivity index (χ3n) is 7.75. The van der Waals surface area contributed by atoms with Crippen LogP contribution in [0.1, 0.15) is 27.7 Å². The molecule has 0 bridgehead atoms. The lowest BCUT2D eigenvalue weighted by Crippen LogP contribution is -2.50. The second-order valence-electron chi connectivity index (χ2n) is 12.4. The monoisotopic (exact) mass is 662 g/mol. The summed E-state index contributed by atoms with van der Waals surface area (Å²) in [5.74, 6) is 0. The summed E-state index contributed by atoms with van der Waals surface area (Å²) in [7, 11) is 0. The van der Waals surface area contributed by atoms with Gasteiger partial charge in [0.2, 0.25) is 0 Å². The molecule has 6 rings (SSSR count). The fraction of sp³-hybridized carbons (Fsp3) is 0.412. The standard InChI is InChI=1S/C18H23N3O4.C16H19N3O4/c1-18(2,3)25-17(23)21-8-6-20(7-9-21)13-4-5-15-12(10-13)11-14(19)16(22)24-15;1-2-22-16(21)18-13-10-11-9-12(19-7-5-17-6-8-19)3-4-14(11)23-15(13)20/h4-5,10-11H,6-9,19H2,1-3H3;3-4,9-10,17H,2,5-8H2,1H3,(H,18,21). The van der Waals surface area contributed by atoms with E-state index < -0.39 is 22.9 Å². The summed E-state index contributed by atoms with van der Waals surface area (Å²) in [4.78, 5) is 53.2. The molecule has 0 aliphatic carbocycles. The smallest absolute Gasteiger partial charge is 0.411 e. The second-order valence-corrected chi connectivity index (χ2v) is 12.4. The van der Waals surface area contributed by atoms with E-state index in [9.17, 15) is 19.2 Å². The zero-order valence-electron chi connectivity index (χ0n) is 27.7. The number of hydrogen-bond acceptors (Lipinski definition) is 12. The van der Waals surface area contributed by atoms with Gasteiger partial charge in [-0.05, 0) is 76.2 Å². The number of rotatable bonds is 4. The summed E-state index contributed by atoms with van der Waals surface area (Å²) in [6.07, 6.45) is -0.947. The van der Waals surface area contributed by atoms with Crippen molar-refractivity contribution in [1.82, 2.24) is 10.2 Å². The number of fused-ring (bicyclic) bond motifs is 2. The van der Waals surface area contributed by atoms with Gasteiger partial charge in [-0.3, -0.25) is 5.32 Å². The molecular weight excluding hydrogens is 620 g/mol. The van der Waals surface area contributed by atoms with E-state index in [1.54, 1.807) is 36.1 Å². The van der Waals surface area contributed by atoms with Gasteiger partial charge in [0, 0.05) is 74.5 Å². The van der Waals surface area contributed by atoms with Gasteiger partial charge >= 0.3 is 23.4 Å². The van der Waals surface area contributed by atoms with Crippen molar-refractivity contribution in [3.63, 3.8) is 0 Å². The van der Waals surface area contributed by atoms with E-state index in [-0.39, 0.29) is 24.1 Å². The highest BCUT2D eigenvalue weighted by molar-refractivity contribution is 5.89. The highest BCUT2D eigenvalue weighted by Gasteiger charge is 2.26. The zero-order chi connectivity index (χ0) is 34.4. The molecule has 4 aromatic rings. The third kappa shape index (κ3) is 8.56. The summed E-state index contributed by atoms with van der Waals surface area (Å²) in [6.45, 7) is 13.9. The highest BCUT2D eigenvalue weighted by atomic mass is 16.6. The number of nitrogens with two attached hydrogens (primary N) is 1. The number of carbonyl (C=O) groups excluding carboxylic acids is 2. The number of nitrogens with zero attached hydrogens (tertiary/aromatic N) is 3. The number of benzene rings is 2. The van der Waals surface area contributed by atoms with Crippen molar-refractivity contribution in [3.8, 4) is 0 Å². The van der Waals surface area contributed by atoms with Gasteiger partial charge in [0.25, 0.3) is 0 Å². The molecule has 0 spiro atoms. The van der Waals surface area contributed by atoms with Crippen LogP contribution in [0.3, 0.4) is 0 Å². The molecule has 2 aliphatic heterocycles. The molecule has 48 heavy (non-hydrogen) atoms. The minimum absolute atomic E-state index is 0.0772. The molecule has 0 atom stereocenters. The maximum atomic E-state index is 12.1. The first kappa shape index (κ1) is 34.1. The van der Waals surface area contributed by atoms with Gasteiger partial charge in [0.1, 0.15) is 28.1 Å². The fourth-order valence-electron chi connectivity index (χ4n) is 5.39. The fourth-order valence-corrected chi connectivity index (χ4v) is 5.39. The molecule has 14 nitrogen and oxygen atoms in total. The molecule has 2 aromatic carbocycles. The number of nitrogens with one attached hydrogen (secondary N) is 2. The topological polar surface area (TPSA) is 173 Å². The molecule has 4 N–H and O–H groups in total. The van der Waals surface area contributed by atoms with Crippen LogP contribution in [0.15, 0.2) is 67.0 Å². The number of anilines is 4. The van der Waals surface area contributed by atoms with Crippen molar-refractivity contribution in [3.05, 3.63) is 69.4 Å². The highest BCUT2D eigenvalue weighted by Crippen LogP contribution is 2.25. The summed E-state index contributed by atoms with van der Waals surface area (Å²) < 4.78 is 20.6. The first-order valence-corrected chi connectivity index (χ1v) is 15.9. The Labute approximate surface area is 277 Å². The Morgan fingerprint density at radius 3 is 1.98 bits per heavy atom. The molecule has 2 amide bonds. The maximum absolute atomic E-state index is 12.1. The van der Waals surface area contributed by atoms with E-state index in [2.05, 4.69) is 20.4 Å². The Balaban J connectivity index is 0.000000188. The van der Waals surface area contributed by atoms with E-state index in [0.29, 0.717) is 37.3 Å². The van der Waals surface area contributed by atoms with Crippen LogP contribution in [-0.4, -0.2) is 81.7 Å². The Morgan fingerprint density at radius 2 is 1.40 bits per heavy atom. The summed E-state index contributed by atoms with van der Waals surface area (Å²) in [5, 5.41) is 7.26. The lowest BCUT2D eigenvalue weighted by Gasteiger charge is -2.36. The molecule has 2 saturated heterocycles. The van der Waals surface area contributed by atoms with Gasteiger partial charge in [-0.25, -0.2) is 19.2 Å². The molecule has 2 aliphatic rings. The second kappa shape index (κ2) is 14.7. The van der Waals surface area contributed by atoms with Crippen molar-refractivity contribution >= 4 is 56.9 Å². The Kier molecular flexibility index (Phi) is 10.4. The van der Waals surface area contributed by atoms with Crippen molar-refractivity contribution in [2.75, 3.05) is 79.8 Å². The van der Waals surface area contributed by atoms with Crippen LogP contribution in [0.2, 0.25) is 0 Å². The molecule has 0 unspecified atom stereocenters. The van der Waals surface area contributed by atoms with Crippen LogP contribution < -0.4 is 37.4 Å². The number of carbonyl (C=O) groups is 2. The van der Waals surface area contributed by atoms with Gasteiger partial charge < -0.3 is 44.1 Å². The third-order valence-corrected chi connectivity index (χ3v) is 7.75. The molecule has 256 valence electrons. The van der Waals surface area contributed by atoms with Crippen LogP contribution >= 0.6 is 0 Å². The van der Waals surface area contributed by atoms with Crippen molar-refractivity contribution in [1.29, 1.82) is 0 Å². The minimum Gasteiger partial charge on any atom is -0.450 e. The SMILES string of the molecule is CC(C)(C)OC(=O)N1CCN(c2ccc3oc(=O)c(N)cc3c2)CC1.CCOC(=O)Nc1cc2cc(N3CCNCC3)ccc2oc1=O. The zero-order valence-corrected chi connectivity index (χ0v) is 27.7.